The summed E-state index contributed by atoms with van der Waals surface area (Å²) in [7, 11) is -4.80. The Morgan fingerprint density at radius 3 is 2.50 bits per heavy atom. The van der Waals surface area contributed by atoms with Gasteiger partial charge in [-0.2, -0.15) is 22.0 Å². The molecule has 2 heterocycles. The Bertz CT molecular complexity index is 1730. The molecule has 0 bridgehead atoms. The number of carboxylic acid groups (broad SMARTS) is 1. The van der Waals surface area contributed by atoms with Crippen LogP contribution in [0.1, 0.15) is 18.4 Å². The van der Waals surface area contributed by atoms with Crippen molar-refractivity contribution in [2.75, 3.05) is 17.4 Å². The minimum absolute atomic E-state index is 0.00514. The lowest BCUT2D eigenvalue weighted by Gasteiger charge is -2.38. The second-order valence-corrected chi connectivity index (χ2v) is 12.0. The van der Waals surface area contributed by atoms with E-state index in [1.165, 1.54) is 18.2 Å². The van der Waals surface area contributed by atoms with Crippen LogP contribution in [-0.2, 0) is 25.8 Å². The second kappa shape index (κ2) is 11.2. The highest BCUT2D eigenvalue weighted by Gasteiger charge is 2.52. The van der Waals surface area contributed by atoms with Crippen LogP contribution < -0.4 is 19.1 Å². The van der Waals surface area contributed by atoms with Gasteiger partial charge >= 0.3 is 18.8 Å². The summed E-state index contributed by atoms with van der Waals surface area (Å²) in [6.45, 7) is -3.82. The van der Waals surface area contributed by atoms with E-state index in [0.717, 1.165) is 24.3 Å². The molecule has 16 heteroatoms. The summed E-state index contributed by atoms with van der Waals surface area (Å²) < 4.78 is 119. The third-order valence-corrected chi connectivity index (χ3v) is 9.10. The first-order chi connectivity index (χ1) is 20.6. The Hall–Kier alpha value is -4.47. The van der Waals surface area contributed by atoms with Crippen molar-refractivity contribution in [2.24, 2.45) is 5.41 Å². The number of aliphatic carboxylic acids is 1. The highest BCUT2D eigenvalue weighted by Crippen LogP contribution is 2.44. The quantitative estimate of drug-likeness (QED) is 0.260. The molecule has 1 saturated heterocycles. The number of hydrogen-bond acceptors (Lipinski definition) is 6. The number of carboxylic acids is 1. The number of hydrogen-bond donors (Lipinski definition) is 2. The van der Waals surface area contributed by atoms with E-state index in [1.54, 1.807) is 0 Å². The molecule has 0 saturated carbocycles. The van der Waals surface area contributed by atoms with Crippen LogP contribution in [0.15, 0.2) is 65.6 Å². The van der Waals surface area contributed by atoms with Gasteiger partial charge in [-0.05, 0) is 60.0 Å². The van der Waals surface area contributed by atoms with Crippen molar-refractivity contribution < 1.29 is 58.9 Å². The van der Waals surface area contributed by atoms with Crippen LogP contribution >= 0.6 is 0 Å². The molecule has 2 N–H and O–H groups in total. The van der Waals surface area contributed by atoms with Crippen LogP contribution in [0, 0.1) is 11.2 Å². The smallest absolute Gasteiger partial charge is 0.416 e. The van der Waals surface area contributed by atoms with Crippen molar-refractivity contribution in [1.29, 1.82) is 0 Å². The monoisotopic (exact) mass is 644 g/mol. The van der Waals surface area contributed by atoms with Crippen LogP contribution in [-0.4, -0.2) is 51.2 Å². The maximum Gasteiger partial charge on any atom is 0.416 e. The minimum Gasteiger partial charge on any atom is -0.486 e. The van der Waals surface area contributed by atoms with E-state index in [1.807, 2.05) is 0 Å². The molecule has 0 aromatic heterocycles. The average Bonchev–Trinajstić information content (AvgIpc) is 3.32. The van der Waals surface area contributed by atoms with Gasteiger partial charge in [0, 0.05) is 19.0 Å². The molecule has 2 unspecified atom stereocenters. The number of ether oxygens (including phenoxy) is 2. The number of carbonyl (C=O) groups excluding carboxylic acids is 1. The van der Waals surface area contributed by atoms with Crippen LogP contribution in [0.4, 0.5) is 32.0 Å². The van der Waals surface area contributed by atoms with Crippen LogP contribution in [0.25, 0.3) is 11.1 Å². The fraction of sp³-hybridized carbons (Fsp3) is 0.286. The van der Waals surface area contributed by atoms with Gasteiger partial charge in [0.05, 0.1) is 22.7 Å². The molecule has 3 aromatic carbocycles. The number of halogens is 6. The zero-order valence-corrected chi connectivity index (χ0v) is 23.1. The normalized spacial score (nSPS) is 20.2. The number of anilines is 1. The van der Waals surface area contributed by atoms with Gasteiger partial charge in [0.25, 0.3) is 10.0 Å². The number of alkyl halides is 5. The molecule has 0 spiro atoms. The van der Waals surface area contributed by atoms with Crippen molar-refractivity contribution in [2.45, 2.75) is 36.6 Å². The number of fused-ring (bicyclic) bond motifs is 1. The Balaban J connectivity index is 1.62. The molecule has 2 atom stereocenters. The molecule has 5 rings (SSSR count). The summed E-state index contributed by atoms with van der Waals surface area (Å²) >= 11 is 0. The molecule has 44 heavy (non-hydrogen) atoms. The Labute approximate surface area is 246 Å². The van der Waals surface area contributed by atoms with Crippen molar-refractivity contribution in [3.8, 4) is 22.6 Å². The van der Waals surface area contributed by atoms with Gasteiger partial charge in [0.2, 0.25) is 5.91 Å². The zero-order chi connectivity index (χ0) is 32.0. The van der Waals surface area contributed by atoms with Crippen molar-refractivity contribution in [3.63, 3.8) is 0 Å². The van der Waals surface area contributed by atoms with Crippen molar-refractivity contribution in [1.82, 2.24) is 5.32 Å². The van der Waals surface area contributed by atoms with Gasteiger partial charge < -0.3 is 19.9 Å². The van der Waals surface area contributed by atoms with Gasteiger partial charge in [-0.3, -0.25) is 13.9 Å². The third-order valence-electron chi connectivity index (χ3n) is 7.33. The van der Waals surface area contributed by atoms with E-state index < -0.39 is 81.2 Å². The van der Waals surface area contributed by atoms with E-state index in [-0.39, 0.29) is 35.5 Å². The Morgan fingerprint density at radius 1 is 1.11 bits per heavy atom. The Kier molecular flexibility index (Phi) is 7.90. The number of amides is 1. The molecule has 0 radical (unpaired) electrons. The fourth-order valence-corrected chi connectivity index (χ4v) is 6.78. The maximum atomic E-state index is 14.3. The summed E-state index contributed by atoms with van der Waals surface area (Å²) in [5.41, 5.74) is -3.30. The van der Waals surface area contributed by atoms with Gasteiger partial charge in [-0.1, -0.05) is 12.1 Å². The van der Waals surface area contributed by atoms with Gasteiger partial charge in [0.15, 0.2) is 5.41 Å². The van der Waals surface area contributed by atoms with Gasteiger partial charge in [-0.25, -0.2) is 12.8 Å². The standard InChI is InChI=1S/C28H22F6N2O7S/c29-18-8-16(9-19(12-18)43-26(30)31)15-4-5-23-22(10-15)36(44(40,41)21-3-1-2-17(11-21)28(32,33)34)14-20(42-23)13-27(25(38)39)6-7-35-24(27)37/h1-5,8-12,20,26H,6-7,13-14H2,(H,35,37)(H,38,39). The van der Waals surface area contributed by atoms with E-state index in [9.17, 15) is 49.5 Å². The van der Waals surface area contributed by atoms with Crippen molar-refractivity contribution >= 4 is 27.6 Å². The lowest BCUT2D eigenvalue weighted by atomic mass is 9.80. The first kappa shape index (κ1) is 31.0. The Morgan fingerprint density at radius 2 is 1.86 bits per heavy atom. The summed E-state index contributed by atoms with van der Waals surface area (Å²) in [5.74, 6) is -3.87. The second-order valence-electron chi connectivity index (χ2n) is 10.1. The van der Waals surface area contributed by atoms with Crippen LogP contribution in [0.5, 0.6) is 11.5 Å². The third kappa shape index (κ3) is 5.85. The largest absolute Gasteiger partial charge is 0.486 e. The number of carbonyl (C=O) groups is 2. The molecule has 2 aliphatic rings. The highest BCUT2D eigenvalue weighted by atomic mass is 32.2. The van der Waals surface area contributed by atoms with E-state index in [2.05, 4.69) is 10.1 Å². The summed E-state index contributed by atoms with van der Waals surface area (Å²) in [6, 6.07) is 9.53. The highest BCUT2D eigenvalue weighted by molar-refractivity contribution is 7.92. The van der Waals surface area contributed by atoms with E-state index >= 15 is 0 Å². The first-order valence-electron chi connectivity index (χ1n) is 12.9. The van der Waals surface area contributed by atoms with Gasteiger partial charge in [-0.15, -0.1) is 0 Å². The zero-order valence-electron chi connectivity index (χ0n) is 22.3. The molecule has 2 aliphatic heterocycles. The van der Waals surface area contributed by atoms with Crippen LogP contribution in [0.3, 0.4) is 0 Å². The fourth-order valence-electron chi connectivity index (χ4n) is 5.23. The predicted molar refractivity (Wildman–Crippen MR) is 141 cm³/mol. The molecule has 1 amide bonds. The summed E-state index contributed by atoms with van der Waals surface area (Å²) in [4.78, 5) is 24.0. The molecular formula is C28H22F6N2O7S. The van der Waals surface area contributed by atoms with E-state index in [0.29, 0.717) is 22.5 Å². The predicted octanol–water partition coefficient (Wildman–Crippen LogP) is 5.05. The van der Waals surface area contributed by atoms with Crippen LogP contribution in [0.2, 0.25) is 0 Å². The van der Waals surface area contributed by atoms with E-state index in [4.69, 9.17) is 4.74 Å². The molecule has 0 aliphatic carbocycles. The molecule has 234 valence electrons. The van der Waals surface area contributed by atoms with Gasteiger partial charge in [0.1, 0.15) is 23.4 Å². The number of sulfonamides is 1. The first-order valence-corrected chi connectivity index (χ1v) is 14.3. The maximum absolute atomic E-state index is 14.3. The topological polar surface area (TPSA) is 122 Å². The molecule has 1 fully saturated rings. The number of rotatable bonds is 8. The average molecular weight is 645 g/mol. The summed E-state index contributed by atoms with van der Waals surface area (Å²) in [5, 5.41) is 12.3. The SMILES string of the molecule is O=C(O)C1(CC2CN(S(=O)(=O)c3cccc(C(F)(F)F)c3)c3cc(-c4cc(F)cc(OC(F)F)c4)ccc3O2)CCNC1=O. The summed E-state index contributed by atoms with van der Waals surface area (Å²) in [6.07, 6.45) is -6.70. The molecule has 9 nitrogen and oxygen atoms in total. The lowest BCUT2D eigenvalue weighted by Crippen LogP contribution is -2.49. The molecular weight excluding hydrogens is 622 g/mol. The lowest BCUT2D eigenvalue weighted by molar-refractivity contribution is -0.155. The number of nitrogens with zero attached hydrogens (tertiary/aromatic N) is 1. The molecule has 3 aromatic rings. The number of benzene rings is 3. The van der Waals surface area contributed by atoms with Crippen molar-refractivity contribution in [3.05, 3.63) is 72.0 Å². The number of nitrogens with one attached hydrogen (secondary N) is 1. The minimum atomic E-state index is -4.87.